The third-order valence-electron chi connectivity index (χ3n) is 4.50. The Morgan fingerprint density at radius 2 is 1.82 bits per heavy atom. The summed E-state index contributed by atoms with van der Waals surface area (Å²) in [6.07, 6.45) is 2.90. The van der Waals surface area contributed by atoms with Crippen LogP contribution >= 0.6 is 0 Å². The van der Waals surface area contributed by atoms with Crippen molar-refractivity contribution in [2.75, 3.05) is 0 Å². The molecule has 28 heavy (non-hydrogen) atoms. The molecule has 0 aliphatic heterocycles. The molecule has 3 rings (SSSR count). The second-order valence-electron chi connectivity index (χ2n) is 8.00. The van der Waals surface area contributed by atoms with Gasteiger partial charge in [0.2, 0.25) is 0 Å². The molecule has 1 aromatic carbocycles. The fourth-order valence-corrected chi connectivity index (χ4v) is 3.24. The van der Waals surface area contributed by atoms with Crippen molar-refractivity contribution in [1.29, 1.82) is 0 Å². The molecule has 150 valence electrons. The first-order valence-electron chi connectivity index (χ1n) is 9.44. The van der Waals surface area contributed by atoms with E-state index in [1.165, 1.54) is 13.0 Å². The second-order valence-corrected chi connectivity index (χ2v) is 8.00. The van der Waals surface area contributed by atoms with E-state index in [1.54, 1.807) is 32.9 Å². The highest BCUT2D eigenvalue weighted by atomic mass is 16.6. The molecule has 1 aliphatic carbocycles. The number of ether oxygens (including phenoxy) is 2. The molecule has 0 saturated carbocycles. The van der Waals surface area contributed by atoms with E-state index in [4.69, 9.17) is 13.9 Å². The van der Waals surface area contributed by atoms with E-state index in [0.29, 0.717) is 5.58 Å². The van der Waals surface area contributed by atoms with Gasteiger partial charge in [-0.2, -0.15) is 0 Å². The second kappa shape index (κ2) is 7.66. The van der Waals surface area contributed by atoms with Crippen LogP contribution in [0.1, 0.15) is 51.7 Å². The molecule has 1 N–H and O–H groups in total. The Labute approximate surface area is 163 Å². The molecule has 0 saturated heterocycles. The van der Waals surface area contributed by atoms with Gasteiger partial charge in [0.05, 0.1) is 0 Å². The summed E-state index contributed by atoms with van der Waals surface area (Å²) in [7, 11) is 0. The van der Waals surface area contributed by atoms with Crippen LogP contribution < -0.4 is 15.7 Å². The summed E-state index contributed by atoms with van der Waals surface area (Å²) in [5.74, 6) is -0.403. The number of hydrogen-bond acceptors (Lipinski definition) is 6. The molecule has 1 heterocycles. The van der Waals surface area contributed by atoms with Crippen LogP contribution in [0.15, 0.2) is 27.4 Å². The number of alkyl carbamates (subject to hydrolysis) is 1. The summed E-state index contributed by atoms with van der Waals surface area (Å²) >= 11 is 0. The van der Waals surface area contributed by atoms with E-state index >= 15 is 0 Å². The fourth-order valence-electron chi connectivity index (χ4n) is 3.24. The molecule has 2 aromatic rings. The number of carbonyl (C=O) groups is 2. The zero-order valence-corrected chi connectivity index (χ0v) is 16.6. The number of rotatable bonds is 3. The van der Waals surface area contributed by atoms with E-state index in [2.05, 4.69) is 5.32 Å². The molecule has 0 radical (unpaired) electrons. The van der Waals surface area contributed by atoms with Gasteiger partial charge in [0.25, 0.3) is 0 Å². The molecule has 1 atom stereocenters. The van der Waals surface area contributed by atoms with E-state index in [9.17, 15) is 14.4 Å². The Morgan fingerprint density at radius 3 is 2.50 bits per heavy atom. The summed E-state index contributed by atoms with van der Waals surface area (Å²) in [5.41, 5.74) is 1.17. The van der Waals surface area contributed by atoms with Gasteiger partial charge in [-0.1, -0.05) is 0 Å². The number of nitrogens with one attached hydrogen (secondary N) is 1. The molecule has 1 aliphatic rings. The highest BCUT2D eigenvalue weighted by Crippen LogP contribution is 2.29. The molecule has 0 unspecified atom stereocenters. The SMILES string of the molecule is C[C@@H](NC(=O)OC(C)(C)C)C(=O)Oc1ccc2c3c(c(=O)oc2c1)CCCC3. The van der Waals surface area contributed by atoms with Crippen molar-refractivity contribution < 1.29 is 23.5 Å². The van der Waals surface area contributed by atoms with Crippen LogP contribution in [0, 0.1) is 0 Å². The van der Waals surface area contributed by atoms with E-state index in [-0.39, 0.29) is 11.4 Å². The van der Waals surface area contributed by atoms with Crippen molar-refractivity contribution in [3.05, 3.63) is 39.7 Å². The lowest BCUT2D eigenvalue weighted by Gasteiger charge is -2.21. The van der Waals surface area contributed by atoms with Crippen LogP contribution in [0.4, 0.5) is 4.79 Å². The Morgan fingerprint density at radius 1 is 1.14 bits per heavy atom. The van der Waals surface area contributed by atoms with Gasteiger partial charge in [0.1, 0.15) is 23.0 Å². The molecule has 0 bridgehead atoms. The summed E-state index contributed by atoms with van der Waals surface area (Å²) in [6, 6.07) is 4.09. The Balaban J connectivity index is 1.74. The van der Waals surface area contributed by atoms with Crippen LogP contribution in [0.5, 0.6) is 5.75 Å². The lowest BCUT2D eigenvalue weighted by Crippen LogP contribution is -2.43. The van der Waals surface area contributed by atoms with Gasteiger partial charge in [0, 0.05) is 17.0 Å². The molecule has 1 amide bonds. The summed E-state index contributed by atoms with van der Waals surface area (Å²) in [4.78, 5) is 36.3. The van der Waals surface area contributed by atoms with E-state index in [1.807, 2.05) is 0 Å². The normalized spacial score (nSPS) is 14.9. The number of amides is 1. The smallest absolute Gasteiger partial charge is 0.408 e. The number of carbonyl (C=O) groups excluding carboxylic acids is 2. The standard InChI is InChI=1S/C21H25NO6/c1-12(22-20(25)28-21(2,3)4)18(23)26-13-9-10-15-14-7-5-6-8-16(14)19(24)27-17(15)11-13/h9-12H,5-8H2,1-4H3,(H,22,25)/t12-/m1/s1. The van der Waals surface area contributed by atoms with E-state index < -0.39 is 23.7 Å². The first kappa shape index (κ1) is 19.9. The van der Waals surface area contributed by atoms with Gasteiger partial charge in [0.15, 0.2) is 0 Å². The maximum absolute atomic E-state index is 12.3. The van der Waals surface area contributed by atoms with Crippen molar-refractivity contribution >= 4 is 23.0 Å². The monoisotopic (exact) mass is 387 g/mol. The molecular weight excluding hydrogens is 362 g/mol. The number of aryl methyl sites for hydroxylation is 1. The first-order valence-corrected chi connectivity index (χ1v) is 9.44. The largest absolute Gasteiger partial charge is 0.444 e. The Hall–Kier alpha value is -2.83. The predicted octanol–water partition coefficient (Wildman–Crippen LogP) is 3.49. The first-order chi connectivity index (χ1) is 13.1. The zero-order chi connectivity index (χ0) is 20.5. The predicted molar refractivity (Wildman–Crippen MR) is 104 cm³/mol. The number of hydrogen-bond donors (Lipinski definition) is 1. The molecule has 7 nitrogen and oxygen atoms in total. The third-order valence-corrected chi connectivity index (χ3v) is 4.50. The number of esters is 1. The quantitative estimate of drug-likeness (QED) is 0.492. The van der Waals surface area contributed by atoms with E-state index in [0.717, 1.165) is 42.2 Å². The number of fused-ring (bicyclic) bond motifs is 3. The van der Waals surface area contributed by atoms with Gasteiger partial charge in [-0.05, 0) is 71.1 Å². The third kappa shape index (κ3) is 4.52. The van der Waals surface area contributed by atoms with Crippen LogP contribution in [-0.2, 0) is 22.4 Å². The van der Waals surface area contributed by atoms with Crippen molar-refractivity contribution in [3.63, 3.8) is 0 Å². The lowest BCUT2D eigenvalue weighted by atomic mass is 9.91. The van der Waals surface area contributed by atoms with Gasteiger partial charge in [-0.3, -0.25) is 0 Å². The minimum atomic E-state index is -0.902. The maximum Gasteiger partial charge on any atom is 0.408 e. The summed E-state index contributed by atoms with van der Waals surface area (Å²) in [5, 5.41) is 3.30. The van der Waals surface area contributed by atoms with Gasteiger partial charge < -0.3 is 19.2 Å². The van der Waals surface area contributed by atoms with Crippen molar-refractivity contribution in [1.82, 2.24) is 5.32 Å². The fraction of sp³-hybridized carbons (Fsp3) is 0.476. The van der Waals surface area contributed by atoms with Crippen molar-refractivity contribution in [2.45, 2.75) is 65.0 Å². The maximum atomic E-state index is 12.3. The highest BCUT2D eigenvalue weighted by Gasteiger charge is 2.23. The molecule has 0 fully saturated rings. The van der Waals surface area contributed by atoms with Crippen molar-refractivity contribution in [2.24, 2.45) is 0 Å². The van der Waals surface area contributed by atoms with Crippen LogP contribution in [0.2, 0.25) is 0 Å². The topological polar surface area (TPSA) is 94.8 Å². The Bertz CT molecular complexity index is 969. The molecule has 0 spiro atoms. The summed E-state index contributed by atoms with van der Waals surface area (Å²) in [6.45, 7) is 6.70. The lowest BCUT2D eigenvalue weighted by molar-refractivity contribution is -0.136. The van der Waals surface area contributed by atoms with Gasteiger partial charge >= 0.3 is 17.7 Å². The minimum absolute atomic E-state index is 0.245. The van der Waals surface area contributed by atoms with Gasteiger partial charge in [-0.25, -0.2) is 14.4 Å². The zero-order valence-electron chi connectivity index (χ0n) is 16.6. The number of benzene rings is 1. The average molecular weight is 387 g/mol. The molecule has 1 aromatic heterocycles. The molecular formula is C21H25NO6. The van der Waals surface area contributed by atoms with Crippen LogP contribution in [0.3, 0.4) is 0 Å². The average Bonchev–Trinajstić information content (AvgIpc) is 2.60. The summed E-state index contributed by atoms with van der Waals surface area (Å²) < 4.78 is 15.9. The van der Waals surface area contributed by atoms with Gasteiger partial charge in [-0.15, -0.1) is 0 Å². The Kier molecular flexibility index (Phi) is 5.45. The highest BCUT2D eigenvalue weighted by molar-refractivity contribution is 5.85. The molecule has 7 heteroatoms. The van der Waals surface area contributed by atoms with Crippen molar-refractivity contribution in [3.8, 4) is 5.75 Å². The van der Waals surface area contributed by atoms with Crippen LogP contribution in [0.25, 0.3) is 11.0 Å². The minimum Gasteiger partial charge on any atom is -0.444 e. The van der Waals surface area contributed by atoms with Crippen LogP contribution in [-0.4, -0.2) is 23.7 Å².